The first kappa shape index (κ1) is 29.6. The Morgan fingerprint density at radius 1 is 1.15 bits per heavy atom. The van der Waals surface area contributed by atoms with Crippen molar-refractivity contribution in [2.45, 2.75) is 56.9 Å². The fraction of sp³-hybridized carbons (Fsp3) is 0.355. The predicted molar refractivity (Wildman–Crippen MR) is 153 cm³/mol. The second-order valence-electron chi connectivity index (χ2n) is 10.1. The van der Waals surface area contributed by atoms with E-state index in [0.717, 1.165) is 55.0 Å². The number of benzene rings is 2. The Hall–Kier alpha value is -3.36. The Morgan fingerprint density at radius 3 is 2.42 bits per heavy atom. The Kier molecular flexibility index (Phi) is 9.21. The van der Waals surface area contributed by atoms with Crippen LogP contribution in [-0.4, -0.2) is 39.2 Å². The Bertz CT molecular complexity index is 1350. The van der Waals surface area contributed by atoms with Crippen LogP contribution in [0.4, 0.5) is 13.2 Å². The predicted octanol–water partition coefficient (Wildman–Crippen LogP) is 7.70. The third-order valence-corrected chi connectivity index (χ3v) is 8.08. The molecule has 3 aromatic rings. The molecule has 212 valence electrons. The molecule has 0 aliphatic heterocycles. The molecule has 4 rings (SSSR count). The van der Waals surface area contributed by atoms with Crippen LogP contribution in [0.25, 0.3) is 11.1 Å². The van der Waals surface area contributed by atoms with Gasteiger partial charge in [0.15, 0.2) is 0 Å². The monoisotopic (exact) mass is 570 g/mol. The zero-order chi connectivity index (χ0) is 28.9. The van der Waals surface area contributed by atoms with E-state index < -0.39 is 34.3 Å². The van der Waals surface area contributed by atoms with Crippen molar-refractivity contribution in [1.29, 1.82) is 0 Å². The van der Waals surface area contributed by atoms with Crippen molar-refractivity contribution in [3.8, 4) is 11.1 Å². The Balaban J connectivity index is 1.83. The second-order valence-corrected chi connectivity index (χ2v) is 10.5. The van der Waals surface area contributed by atoms with Gasteiger partial charge in [0.1, 0.15) is 0 Å². The summed E-state index contributed by atoms with van der Waals surface area (Å²) in [5.74, 6) is -0.659. The smallest absolute Gasteiger partial charge is 0.343 e. The van der Waals surface area contributed by atoms with E-state index in [1.807, 2.05) is 54.2 Å². The number of aromatic nitrogens is 2. The molecule has 9 heteroatoms. The van der Waals surface area contributed by atoms with Gasteiger partial charge in [-0.2, -0.15) is 18.3 Å². The summed E-state index contributed by atoms with van der Waals surface area (Å²) in [6, 6.07) is 10.7. The number of hydrogen-bond acceptors (Lipinski definition) is 3. The van der Waals surface area contributed by atoms with Crippen molar-refractivity contribution in [2.24, 2.45) is 0 Å². The molecule has 0 bridgehead atoms. The molecule has 1 aliphatic carbocycles. The van der Waals surface area contributed by atoms with E-state index in [1.54, 1.807) is 6.20 Å². The van der Waals surface area contributed by atoms with Crippen LogP contribution in [-0.2, 0) is 12.7 Å². The van der Waals surface area contributed by atoms with Gasteiger partial charge in [-0.15, -0.1) is 13.2 Å². The summed E-state index contributed by atoms with van der Waals surface area (Å²) in [4.78, 5) is 16.0. The third kappa shape index (κ3) is 6.03. The van der Waals surface area contributed by atoms with Crippen LogP contribution in [0.1, 0.15) is 60.1 Å². The molecule has 1 saturated carbocycles. The lowest BCUT2D eigenvalue weighted by Gasteiger charge is -2.47. The Labute approximate surface area is 238 Å². The first-order chi connectivity index (χ1) is 19.1. The molecule has 1 unspecified atom stereocenters. The molecule has 1 atom stereocenters. The van der Waals surface area contributed by atoms with E-state index in [9.17, 15) is 18.0 Å². The third-order valence-electron chi connectivity index (χ3n) is 7.67. The largest absolute Gasteiger partial charge is 0.417 e. The fourth-order valence-electron chi connectivity index (χ4n) is 5.77. The molecule has 0 spiro atoms. The average molecular weight is 571 g/mol. The number of carbonyl (C=O) groups is 1. The van der Waals surface area contributed by atoms with Gasteiger partial charge in [0.25, 0.3) is 5.91 Å². The van der Waals surface area contributed by atoms with Crippen molar-refractivity contribution >= 4 is 17.5 Å². The molecular formula is C31H34ClF3N4O. The summed E-state index contributed by atoms with van der Waals surface area (Å²) in [6.45, 7) is 11.7. The number of nitrogens with one attached hydrogen (secondary N) is 1. The zero-order valence-corrected chi connectivity index (χ0v) is 23.3. The number of halogens is 4. The van der Waals surface area contributed by atoms with Gasteiger partial charge in [0, 0.05) is 36.9 Å². The average Bonchev–Trinajstić information content (AvgIpc) is 3.62. The summed E-state index contributed by atoms with van der Waals surface area (Å²) in [5.41, 5.74) is 0.944. The van der Waals surface area contributed by atoms with E-state index in [4.69, 9.17) is 11.6 Å². The lowest BCUT2D eigenvalue weighted by Crippen LogP contribution is -2.56. The van der Waals surface area contributed by atoms with Crippen molar-refractivity contribution in [3.63, 3.8) is 0 Å². The molecule has 40 heavy (non-hydrogen) atoms. The minimum atomic E-state index is -4.68. The number of rotatable bonds is 11. The maximum atomic E-state index is 13.7. The minimum Gasteiger partial charge on any atom is -0.343 e. The van der Waals surface area contributed by atoms with E-state index in [-0.39, 0.29) is 5.56 Å². The topological polar surface area (TPSA) is 50.2 Å². The van der Waals surface area contributed by atoms with Crippen LogP contribution in [0.3, 0.4) is 0 Å². The SMILES string of the molecule is C=CCN(CC=C)C1(C(NC(=O)c2cccc(C(F)(F)F)c2Cl)c2cccc(-c3cnn(CC)c3)c2)CCCC1. The minimum absolute atomic E-state index is 0.214. The maximum Gasteiger partial charge on any atom is 0.417 e. The number of hydrogen-bond donors (Lipinski definition) is 1. The van der Waals surface area contributed by atoms with Crippen LogP contribution in [0.5, 0.6) is 0 Å². The molecule has 1 amide bonds. The zero-order valence-electron chi connectivity index (χ0n) is 22.6. The van der Waals surface area contributed by atoms with E-state index in [0.29, 0.717) is 13.1 Å². The highest BCUT2D eigenvalue weighted by atomic mass is 35.5. The van der Waals surface area contributed by atoms with Gasteiger partial charge in [-0.1, -0.05) is 60.9 Å². The van der Waals surface area contributed by atoms with Crippen LogP contribution in [0, 0.1) is 0 Å². The lowest BCUT2D eigenvalue weighted by molar-refractivity contribution is -0.137. The lowest BCUT2D eigenvalue weighted by atomic mass is 9.80. The molecular weight excluding hydrogens is 537 g/mol. The molecule has 2 aromatic carbocycles. The molecule has 1 fully saturated rings. The highest BCUT2D eigenvalue weighted by Crippen LogP contribution is 2.46. The summed E-state index contributed by atoms with van der Waals surface area (Å²) in [5, 5.41) is 6.90. The van der Waals surface area contributed by atoms with Crippen LogP contribution < -0.4 is 5.32 Å². The highest BCUT2D eigenvalue weighted by Gasteiger charge is 2.47. The second kappa shape index (κ2) is 12.4. The van der Waals surface area contributed by atoms with Crippen LogP contribution in [0.2, 0.25) is 5.02 Å². The van der Waals surface area contributed by atoms with E-state index in [2.05, 4.69) is 28.5 Å². The number of alkyl halides is 3. The number of aryl methyl sites for hydroxylation is 1. The van der Waals surface area contributed by atoms with Crippen molar-refractivity contribution in [3.05, 3.63) is 102 Å². The van der Waals surface area contributed by atoms with Crippen LogP contribution >= 0.6 is 11.6 Å². The number of amides is 1. The fourth-order valence-corrected chi connectivity index (χ4v) is 6.09. The quantitative estimate of drug-likeness (QED) is 0.240. The summed E-state index contributed by atoms with van der Waals surface area (Å²) in [7, 11) is 0. The van der Waals surface area contributed by atoms with Gasteiger partial charge in [-0.05, 0) is 49.1 Å². The maximum absolute atomic E-state index is 13.7. The molecule has 1 aliphatic rings. The summed E-state index contributed by atoms with van der Waals surface area (Å²) >= 11 is 6.17. The van der Waals surface area contributed by atoms with E-state index >= 15 is 0 Å². The first-order valence-corrected chi connectivity index (χ1v) is 13.8. The van der Waals surface area contributed by atoms with Gasteiger partial charge >= 0.3 is 6.18 Å². The summed E-state index contributed by atoms with van der Waals surface area (Å²) in [6.07, 6.45) is 6.19. The standard InChI is InChI=1S/C31H34ClF3N4O/c1-4-17-38(18-5-2)30(15-7-8-16-30)28(23-12-9-11-22(19-23)24-20-36-39(6-3)21-24)37-29(40)25-13-10-14-26(27(25)32)31(33,34)35/h4-5,9-14,19-21,28H,1-2,6-8,15-18H2,3H3,(H,37,40). The first-order valence-electron chi connectivity index (χ1n) is 13.4. The molecule has 1 N–H and O–H groups in total. The number of carbonyl (C=O) groups excluding carboxylic acids is 1. The van der Waals surface area contributed by atoms with Crippen molar-refractivity contribution < 1.29 is 18.0 Å². The normalized spacial score (nSPS) is 15.7. The summed E-state index contributed by atoms with van der Waals surface area (Å²) < 4.78 is 42.6. The molecule has 1 aromatic heterocycles. The van der Waals surface area contributed by atoms with Gasteiger partial charge in [-0.25, -0.2) is 0 Å². The van der Waals surface area contributed by atoms with E-state index in [1.165, 1.54) is 12.1 Å². The molecule has 1 heterocycles. The molecule has 0 saturated heterocycles. The van der Waals surface area contributed by atoms with Gasteiger partial charge in [-0.3, -0.25) is 14.4 Å². The van der Waals surface area contributed by atoms with Gasteiger partial charge < -0.3 is 5.32 Å². The number of nitrogens with zero attached hydrogens (tertiary/aromatic N) is 3. The Morgan fingerprint density at radius 2 is 1.82 bits per heavy atom. The van der Waals surface area contributed by atoms with Gasteiger partial charge in [0.05, 0.1) is 28.4 Å². The molecule has 0 radical (unpaired) electrons. The van der Waals surface area contributed by atoms with Gasteiger partial charge in [0.2, 0.25) is 0 Å². The van der Waals surface area contributed by atoms with Crippen LogP contribution in [0.15, 0.2) is 80.2 Å². The highest BCUT2D eigenvalue weighted by molar-refractivity contribution is 6.34. The van der Waals surface area contributed by atoms with Crippen molar-refractivity contribution in [1.82, 2.24) is 20.0 Å². The molecule has 5 nitrogen and oxygen atoms in total. The van der Waals surface area contributed by atoms with Crippen molar-refractivity contribution in [2.75, 3.05) is 13.1 Å².